The highest BCUT2D eigenvalue weighted by Gasteiger charge is 2.24. The minimum absolute atomic E-state index is 0.200. The molecule has 6 heteroatoms. The van der Waals surface area contributed by atoms with Crippen LogP contribution in [0, 0.1) is 0 Å². The number of aliphatic hydroxyl groups excluding tert-OH is 2. The summed E-state index contributed by atoms with van der Waals surface area (Å²) in [5.74, 6) is -2.53. The van der Waals surface area contributed by atoms with Crippen molar-refractivity contribution < 1.29 is 29.7 Å². The van der Waals surface area contributed by atoms with Gasteiger partial charge in [-0.2, -0.15) is 0 Å². The van der Waals surface area contributed by atoms with Crippen LogP contribution in [0.1, 0.15) is 110 Å². The zero-order valence-electron chi connectivity index (χ0n) is 17.5. The summed E-state index contributed by atoms with van der Waals surface area (Å²) in [4.78, 5) is 33.8. The second kappa shape index (κ2) is 17.8. The lowest BCUT2D eigenvalue weighted by molar-refractivity contribution is -0.150. The quantitative estimate of drug-likeness (QED) is 0.264. The highest BCUT2D eigenvalue weighted by molar-refractivity contribution is 5.91. The van der Waals surface area contributed by atoms with Crippen molar-refractivity contribution in [3.8, 4) is 0 Å². The molecule has 28 heavy (non-hydrogen) atoms. The fourth-order valence-corrected chi connectivity index (χ4v) is 3.19. The summed E-state index contributed by atoms with van der Waals surface area (Å²) >= 11 is 0. The monoisotopic (exact) mass is 400 g/mol. The van der Waals surface area contributed by atoms with Crippen molar-refractivity contribution in [2.24, 2.45) is 0 Å². The number of aliphatic carboxylic acids is 1. The van der Waals surface area contributed by atoms with Crippen LogP contribution in [0.3, 0.4) is 0 Å². The van der Waals surface area contributed by atoms with E-state index < -0.39 is 30.4 Å². The number of carbonyl (C=O) groups excluding carboxylic acids is 2. The first-order chi connectivity index (χ1) is 13.4. The Labute approximate surface area is 169 Å². The highest BCUT2D eigenvalue weighted by atomic mass is 16.4. The van der Waals surface area contributed by atoms with Crippen LogP contribution in [0.15, 0.2) is 0 Å². The summed E-state index contributed by atoms with van der Waals surface area (Å²) in [6.07, 6.45) is 11.9. The van der Waals surface area contributed by atoms with E-state index >= 15 is 0 Å². The van der Waals surface area contributed by atoms with Crippen molar-refractivity contribution in [2.75, 3.05) is 0 Å². The third-order valence-electron chi connectivity index (χ3n) is 5.03. The van der Waals surface area contributed by atoms with E-state index in [4.69, 9.17) is 10.2 Å². The van der Waals surface area contributed by atoms with Crippen LogP contribution >= 0.6 is 0 Å². The van der Waals surface area contributed by atoms with Crippen LogP contribution in [0.25, 0.3) is 0 Å². The van der Waals surface area contributed by atoms with Gasteiger partial charge in [-0.3, -0.25) is 9.59 Å². The van der Waals surface area contributed by atoms with Gasteiger partial charge < -0.3 is 15.3 Å². The zero-order valence-corrected chi connectivity index (χ0v) is 17.5. The molecule has 3 N–H and O–H groups in total. The summed E-state index contributed by atoms with van der Waals surface area (Å²) in [7, 11) is 0. The Morgan fingerprint density at radius 2 is 1.07 bits per heavy atom. The van der Waals surface area contributed by atoms with Crippen LogP contribution in [0.4, 0.5) is 0 Å². The second-order valence-corrected chi connectivity index (χ2v) is 7.78. The van der Waals surface area contributed by atoms with E-state index in [0.29, 0.717) is 6.42 Å². The maximum atomic E-state index is 11.8. The summed E-state index contributed by atoms with van der Waals surface area (Å²) < 4.78 is 0. The van der Waals surface area contributed by atoms with Crippen molar-refractivity contribution in [3.63, 3.8) is 0 Å². The molecule has 0 aliphatic rings. The summed E-state index contributed by atoms with van der Waals surface area (Å²) in [6.45, 7) is 2.23. The first-order valence-corrected chi connectivity index (χ1v) is 11.0. The molecule has 0 spiro atoms. The molecule has 0 fully saturated rings. The van der Waals surface area contributed by atoms with E-state index in [2.05, 4.69) is 6.92 Å². The molecule has 0 aromatic carbocycles. The molecule has 0 radical (unpaired) electrons. The number of carboxylic acids is 1. The molecule has 0 aromatic heterocycles. The molecule has 0 saturated carbocycles. The predicted molar refractivity (Wildman–Crippen MR) is 109 cm³/mol. The Kier molecular flexibility index (Phi) is 17.0. The third-order valence-corrected chi connectivity index (χ3v) is 5.03. The van der Waals surface area contributed by atoms with Gasteiger partial charge in [-0.15, -0.1) is 0 Å². The lowest BCUT2D eigenvalue weighted by atomic mass is 10.00. The molecule has 2 atom stereocenters. The van der Waals surface area contributed by atoms with E-state index in [1.165, 1.54) is 64.2 Å². The van der Waals surface area contributed by atoms with Gasteiger partial charge in [0.2, 0.25) is 0 Å². The Morgan fingerprint density at radius 1 is 0.643 bits per heavy atom. The molecule has 0 aromatic rings. The Hall–Kier alpha value is -1.27. The van der Waals surface area contributed by atoms with Gasteiger partial charge >= 0.3 is 5.97 Å². The van der Waals surface area contributed by atoms with Crippen molar-refractivity contribution in [1.82, 2.24) is 0 Å². The fraction of sp³-hybridized carbons (Fsp3) is 0.864. The molecule has 0 heterocycles. The molecule has 6 nitrogen and oxygen atoms in total. The van der Waals surface area contributed by atoms with E-state index in [-0.39, 0.29) is 12.2 Å². The lowest BCUT2D eigenvalue weighted by Crippen LogP contribution is -2.30. The number of unbranched alkanes of at least 4 members (excludes halogenated alkanes) is 12. The third kappa shape index (κ3) is 15.8. The standard InChI is InChI=1S/C22H40O6/c1-2-3-4-5-6-7-8-9-10-11-12-13-14-15-18(23)16-19(24)20(25)17-21(26)22(27)28/h19,21,24,26H,2-17H2,1H3,(H,27,28). The van der Waals surface area contributed by atoms with Crippen molar-refractivity contribution in [2.45, 2.75) is 122 Å². The predicted octanol–water partition coefficient (Wildman–Crippen LogP) is 4.19. The molecule has 0 saturated heterocycles. The highest BCUT2D eigenvalue weighted by Crippen LogP contribution is 2.13. The van der Waals surface area contributed by atoms with Crippen LogP contribution in [0.2, 0.25) is 0 Å². The van der Waals surface area contributed by atoms with Crippen LogP contribution < -0.4 is 0 Å². The van der Waals surface area contributed by atoms with E-state index in [1.807, 2.05) is 0 Å². The van der Waals surface area contributed by atoms with Gasteiger partial charge in [-0.1, -0.05) is 84.0 Å². The molecule has 0 bridgehead atoms. The molecular formula is C22H40O6. The molecule has 0 rings (SSSR count). The van der Waals surface area contributed by atoms with Crippen LogP contribution in [0.5, 0.6) is 0 Å². The minimum atomic E-state index is -1.83. The van der Waals surface area contributed by atoms with E-state index in [1.54, 1.807) is 0 Å². The number of carbonyl (C=O) groups is 3. The number of ketones is 2. The van der Waals surface area contributed by atoms with E-state index in [9.17, 15) is 19.5 Å². The smallest absolute Gasteiger partial charge is 0.332 e. The molecular weight excluding hydrogens is 360 g/mol. The van der Waals surface area contributed by atoms with Gasteiger partial charge in [-0.05, 0) is 6.42 Å². The lowest BCUT2D eigenvalue weighted by Gasteiger charge is -2.10. The fourth-order valence-electron chi connectivity index (χ4n) is 3.19. The number of Topliss-reactive ketones (excluding diaryl/α,β-unsaturated/α-hetero) is 2. The van der Waals surface area contributed by atoms with Gasteiger partial charge in [0, 0.05) is 19.3 Å². The minimum Gasteiger partial charge on any atom is -0.479 e. The number of rotatable bonds is 20. The first kappa shape index (κ1) is 26.7. The van der Waals surface area contributed by atoms with Crippen LogP contribution in [-0.4, -0.2) is 45.1 Å². The number of aliphatic hydroxyl groups is 2. The summed E-state index contributed by atoms with van der Waals surface area (Å²) in [6, 6.07) is 0. The van der Waals surface area contributed by atoms with Crippen molar-refractivity contribution in [3.05, 3.63) is 0 Å². The number of hydrogen-bond donors (Lipinski definition) is 3. The Bertz CT molecular complexity index is 435. The molecule has 0 aliphatic carbocycles. The van der Waals surface area contributed by atoms with Gasteiger partial charge in [0.05, 0.1) is 0 Å². The SMILES string of the molecule is CCCCCCCCCCCCCCCC(=O)CC(O)C(=O)CC(O)C(=O)O. The van der Waals surface area contributed by atoms with Crippen molar-refractivity contribution >= 4 is 17.5 Å². The largest absolute Gasteiger partial charge is 0.479 e. The van der Waals surface area contributed by atoms with Crippen LogP contribution in [-0.2, 0) is 14.4 Å². The number of carboxylic acid groups (broad SMARTS) is 1. The second-order valence-electron chi connectivity index (χ2n) is 7.78. The summed E-state index contributed by atoms with van der Waals surface area (Å²) in [5.41, 5.74) is 0. The van der Waals surface area contributed by atoms with E-state index in [0.717, 1.165) is 19.3 Å². The first-order valence-electron chi connectivity index (χ1n) is 11.0. The average molecular weight is 401 g/mol. The van der Waals surface area contributed by atoms with Gasteiger partial charge in [0.15, 0.2) is 11.9 Å². The maximum Gasteiger partial charge on any atom is 0.332 e. The maximum absolute atomic E-state index is 11.8. The van der Waals surface area contributed by atoms with Gasteiger partial charge in [-0.25, -0.2) is 4.79 Å². The van der Waals surface area contributed by atoms with Gasteiger partial charge in [0.1, 0.15) is 11.9 Å². The topological polar surface area (TPSA) is 112 Å². The molecule has 2 unspecified atom stereocenters. The molecule has 0 amide bonds. The Balaban J connectivity index is 3.52. The molecule has 0 aliphatic heterocycles. The van der Waals surface area contributed by atoms with Crippen molar-refractivity contribution in [1.29, 1.82) is 0 Å². The number of hydrogen-bond acceptors (Lipinski definition) is 5. The Morgan fingerprint density at radius 3 is 1.50 bits per heavy atom. The zero-order chi connectivity index (χ0) is 21.2. The summed E-state index contributed by atoms with van der Waals surface area (Å²) in [5, 5.41) is 27.3. The van der Waals surface area contributed by atoms with Gasteiger partial charge in [0.25, 0.3) is 0 Å². The normalized spacial score (nSPS) is 13.2. The molecule has 164 valence electrons. The average Bonchev–Trinajstić information content (AvgIpc) is 2.65.